The molecule has 0 aliphatic heterocycles. The first-order valence-corrected chi connectivity index (χ1v) is 5.29. The molecule has 19 heavy (non-hydrogen) atoms. The van der Waals surface area contributed by atoms with E-state index in [-0.39, 0.29) is 6.61 Å². The lowest BCUT2D eigenvalue weighted by molar-refractivity contribution is -0.142. The van der Waals surface area contributed by atoms with Crippen LogP contribution in [0.2, 0.25) is 5.02 Å². The van der Waals surface area contributed by atoms with Crippen molar-refractivity contribution in [3.05, 3.63) is 28.0 Å². The number of carbonyl (C=O) groups is 1. The first kappa shape index (κ1) is 15.6. The number of hydrogen-bond donors (Lipinski definition) is 0. The summed E-state index contributed by atoms with van der Waals surface area (Å²) in [5.41, 5.74) is -4.01. The Morgan fingerprint density at radius 2 is 2.05 bits per heavy atom. The Balaban J connectivity index is 3.48. The second-order valence-corrected chi connectivity index (χ2v) is 3.68. The molecule has 0 aromatic carbocycles. The first-order valence-electron chi connectivity index (χ1n) is 4.91. The van der Waals surface area contributed by atoms with E-state index >= 15 is 0 Å². The van der Waals surface area contributed by atoms with Crippen LogP contribution in [0.1, 0.15) is 35.1 Å². The molecule has 0 unspecified atom stereocenters. The molecule has 0 saturated carbocycles. The highest BCUT2D eigenvalue weighted by atomic mass is 35.5. The van der Waals surface area contributed by atoms with Gasteiger partial charge >= 0.3 is 12.1 Å². The molecule has 0 radical (unpaired) electrons. The van der Waals surface area contributed by atoms with Gasteiger partial charge < -0.3 is 4.74 Å². The molecule has 0 amide bonds. The number of pyridine rings is 1. The molecule has 0 fully saturated rings. The van der Waals surface area contributed by atoms with Crippen LogP contribution in [0.3, 0.4) is 0 Å². The van der Waals surface area contributed by atoms with Crippen LogP contribution in [-0.2, 0) is 10.9 Å². The molecule has 0 N–H and O–H groups in total. The van der Waals surface area contributed by atoms with Gasteiger partial charge in [-0.05, 0) is 13.0 Å². The summed E-state index contributed by atoms with van der Waals surface area (Å²) in [6.07, 6.45) is -8.34. The zero-order chi connectivity index (χ0) is 14.8. The average Bonchev–Trinajstić information content (AvgIpc) is 2.26. The van der Waals surface area contributed by atoms with Crippen molar-refractivity contribution in [1.82, 2.24) is 4.98 Å². The van der Waals surface area contributed by atoms with Crippen LogP contribution in [-0.4, -0.2) is 17.6 Å². The van der Waals surface area contributed by atoms with Crippen LogP contribution >= 0.6 is 11.6 Å². The predicted octanol–water partition coefficient (Wildman–Crippen LogP) is 3.87. The van der Waals surface area contributed by atoms with Crippen LogP contribution in [0, 0.1) is 0 Å². The SMILES string of the molecule is CCOC(=O)c1c(Cl)cc(C(F)F)nc1C(F)(F)F. The minimum absolute atomic E-state index is 0.191. The van der Waals surface area contributed by atoms with Crippen molar-refractivity contribution in [2.45, 2.75) is 19.5 Å². The van der Waals surface area contributed by atoms with E-state index in [4.69, 9.17) is 11.6 Å². The maximum Gasteiger partial charge on any atom is 0.434 e. The third kappa shape index (κ3) is 3.52. The maximum absolute atomic E-state index is 12.7. The van der Waals surface area contributed by atoms with Gasteiger partial charge in [-0.1, -0.05) is 11.6 Å². The fourth-order valence-corrected chi connectivity index (χ4v) is 1.53. The Bertz CT molecular complexity index is 490. The summed E-state index contributed by atoms with van der Waals surface area (Å²) in [6.45, 7) is 1.18. The fourth-order valence-electron chi connectivity index (χ4n) is 1.25. The largest absolute Gasteiger partial charge is 0.462 e. The van der Waals surface area contributed by atoms with Gasteiger partial charge in [0.05, 0.1) is 11.6 Å². The van der Waals surface area contributed by atoms with Gasteiger partial charge in [0.25, 0.3) is 6.43 Å². The summed E-state index contributed by atoms with van der Waals surface area (Å²) >= 11 is 5.44. The number of alkyl halides is 5. The second-order valence-electron chi connectivity index (χ2n) is 3.27. The van der Waals surface area contributed by atoms with Crippen LogP contribution in [0.25, 0.3) is 0 Å². The van der Waals surface area contributed by atoms with Gasteiger partial charge in [-0.25, -0.2) is 18.6 Å². The van der Waals surface area contributed by atoms with Crippen molar-refractivity contribution in [2.75, 3.05) is 6.61 Å². The highest BCUT2D eigenvalue weighted by Gasteiger charge is 2.40. The van der Waals surface area contributed by atoms with E-state index in [0.29, 0.717) is 6.07 Å². The average molecular weight is 304 g/mol. The molecule has 106 valence electrons. The highest BCUT2D eigenvalue weighted by molar-refractivity contribution is 6.33. The Kier molecular flexibility index (Phi) is 4.67. The van der Waals surface area contributed by atoms with E-state index < -0.39 is 40.5 Å². The number of ether oxygens (including phenoxy) is 1. The summed E-state index contributed by atoms with van der Waals surface area (Å²) in [7, 11) is 0. The maximum atomic E-state index is 12.7. The molecule has 1 heterocycles. The number of nitrogens with zero attached hydrogens (tertiary/aromatic N) is 1. The quantitative estimate of drug-likeness (QED) is 0.628. The van der Waals surface area contributed by atoms with Crippen molar-refractivity contribution in [2.24, 2.45) is 0 Å². The summed E-state index contributed by atoms with van der Waals surface area (Å²) in [6, 6.07) is 0.508. The van der Waals surface area contributed by atoms with E-state index in [9.17, 15) is 26.7 Å². The number of rotatable bonds is 3. The number of aromatic nitrogens is 1. The van der Waals surface area contributed by atoms with Gasteiger partial charge in [-0.2, -0.15) is 13.2 Å². The number of hydrogen-bond acceptors (Lipinski definition) is 3. The standard InChI is InChI=1S/C10H7ClF5NO2/c1-2-19-9(18)6-4(11)3-5(8(12)13)17-7(6)10(14,15)16/h3,8H,2H2,1H3. The third-order valence-electron chi connectivity index (χ3n) is 1.96. The van der Waals surface area contributed by atoms with Crippen molar-refractivity contribution in [1.29, 1.82) is 0 Å². The van der Waals surface area contributed by atoms with E-state index in [0.717, 1.165) is 0 Å². The molecular weight excluding hydrogens is 297 g/mol. The minimum Gasteiger partial charge on any atom is -0.462 e. The molecule has 1 aromatic heterocycles. The van der Waals surface area contributed by atoms with Gasteiger partial charge in [-0.3, -0.25) is 0 Å². The lowest BCUT2D eigenvalue weighted by Gasteiger charge is -2.14. The van der Waals surface area contributed by atoms with Crippen molar-refractivity contribution in [3.8, 4) is 0 Å². The summed E-state index contributed by atoms with van der Waals surface area (Å²) in [5, 5.41) is -0.781. The van der Waals surface area contributed by atoms with Crippen LogP contribution in [0.4, 0.5) is 22.0 Å². The highest BCUT2D eigenvalue weighted by Crippen LogP contribution is 2.36. The predicted molar refractivity (Wildman–Crippen MR) is 55.2 cm³/mol. The molecule has 9 heteroatoms. The monoisotopic (exact) mass is 303 g/mol. The van der Waals surface area contributed by atoms with Crippen molar-refractivity contribution < 1.29 is 31.5 Å². The Morgan fingerprint density at radius 1 is 1.47 bits per heavy atom. The van der Waals surface area contributed by atoms with E-state index in [2.05, 4.69) is 9.72 Å². The smallest absolute Gasteiger partial charge is 0.434 e. The van der Waals surface area contributed by atoms with Crippen LogP contribution in [0.15, 0.2) is 6.07 Å². The first-order chi connectivity index (χ1) is 8.68. The molecule has 3 nitrogen and oxygen atoms in total. The lowest BCUT2D eigenvalue weighted by atomic mass is 10.1. The van der Waals surface area contributed by atoms with Crippen molar-refractivity contribution in [3.63, 3.8) is 0 Å². The molecule has 1 rings (SSSR count). The normalized spacial score (nSPS) is 11.8. The fraction of sp³-hybridized carbons (Fsp3) is 0.400. The molecule has 0 aliphatic rings. The summed E-state index contributed by atoms with van der Waals surface area (Å²) in [5.74, 6) is -1.37. The van der Waals surface area contributed by atoms with E-state index in [1.165, 1.54) is 6.92 Å². The summed E-state index contributed by atoms with van der Waals surface area (Å²) < 4.78 is 67.3. The zero-order valence-corrected chi connectivity index (χ0v) is 10.1. The number of carbonyl (C=O) groups excluding carboxylic acids is 1. The third-order valence-corrected chi connectivity index (χ3v) is 2.26. The van der Waals surface area contributed by atoms with Gasteiger partial charge in [0.15, 0.2) is 5.69 Å². The van der Waals surface area contributed by atoms with Gasteiger partial charge in [0, 0.05) is 0 Å². The van der Waals surface area contributed by atoms with Gasteiger partial charge in [0.2, 0.25) is 0 Å². The van der Waals surface area contributed by atoms with Crippen molar-refractivity contribution >= 4 is 17.6 Å². The number of halogens is 6. The number of esters is 1. The molecule has 0 spiro atoms. The molecular formula is C10H7ClF5NO2. The lowest BCUT2D eigenvalue weighted by Crippen LogP contribution is -2.19. The minimum atomic E-state index is -5.10. The van der Waals surface area contributed by atoms with Gasteiger partial charge in [-0.15, -0.1) is 0 Å². The Morgan fingerprint density at radius 3 is 2.47 bits per heavy atom. The molecule has 0 saturated heterocycles. The Hall–Kier alpha value is -1.44. The summed E-state index contributed by atoms with van der Waals surface area (Å²) in [4.78, 5) is 14.1. The van der Waals surface area contributed by atoms with Crippen LogP contribution < -0.4 is 0 Å². The van der Waals surface area contributed by atoms with E-state index in [1.807, 2.05) is 0 Å². The van der Waals surface area contributed by atoms with Crippen LogP contribution in [0.5, 0.6) is 0 Å². The zero-order valence-electron chi connectivity index (χ0n) is 9.39. The Labute approximate surface area is 109 Å². The molecule has 0 atom stereocenters. The molecule has 0 bridgehead atoms. The second kappa shape index (κ2) is 5.68. The topological polar surface area (TPSA) is 39.2 Å². The van der Waals surface area contributed by atoms with E-state index in [1.54, 1.807) is 0 Å². The van der Waals surface area contributed by atoms with Gasteiger partial charge in [0.1, 0.15) is 11.3 Å². The molecule has 1 aromatic rings. The molecule has 0 aliphatic carbocycles.